The lowest BCUT2D eigenvalue weighted by Gasteiger charge is -2.13. The van der Waals surface area contributed by atoms with Gasteiger partial charge in [0.25, 0.3) is 0 Å². The van der Waals surface area contributed by atoms with Gasteiger partial charge in [-0.05, 0) is 24.6 Å². The minimum Gasteiger partial charge on any atom is -0.398 e. The van der Waals surface area contributed by atoms with Crippen LogP contribution >= 0.6 is 23.4 Å². The number of carbonyl (C=O) groups is 2. The summed E-state index contributed by atoms with van der Waals surface area (Å²) in [5, 5.41) is 0.477. The molecule has 1 heterocycles. The van der Waals surface area contributed by atoms with Crippen molar-refractivity contribution in [2.24, 2.45) is 0 Å². The van der Waals surface area contributed by atoms with E-state index in [1.165, 1.54) is 16.7 Å². The van der Waals surface area contributed by atoms with Crippen molar-refractivity contribution in [3.8, 4) is 0 Å². The maximum absolute atomic E-state index is 11.8. The highest BCUT2D eigenvalue weighted by Crippen LogP contribution is 2.26. The van der Waals surface area contributed by atoms with E-state index in [0.717, 1.165) is 11.3 Å². The Morgan fingerprint density at radius 3 is 2.89 bits per heavy atom. The molecule has 0 saturated carbocycles. The van der Waals surface area contributed by atoms with E-state index in [9.17, 15) is 9.59 Å². The molecular weight excluding hydrogens is 272 g/mol. The van der Waals surface area contributed by atoms with Gasteiger partial charge < -0.3 is 5.73 Å². The summed E-state index contributed by atoms with van der Waals surface area (Å²) in [6, 6.07) is 5.24. The summed E-state index contributed by atoms with van der Waals surface area (Å²) in [5.41, 5.74) is 6.12. The van der Waals surface area contributed by atoms with Crippen LogP contribution in [0.3, 0.4) is 0 Å². The summed E-state index contributed by atoms with van der Waals surface area (Å²) in [6.07, 6.45) is 1.24. The summed E-state index contributed by atoms with van der Waals surface area (Å²) in [5.74, 6) is 0.0257. The number of benzene rings is 1. The summed E-state index contributed by atoms with van der Waals surface area (Å²) in [6.45, 7) is 0.542. The molecule has 2 N–H and O–H groups in total. The Kier molecular flexibility index (Phi) is 4.14. The molecular formula is C12H13ClN2O2S. The number of hydrogen-bond acceptors (Lipinski definition) is 4. The number of nitrogens with zero attached hydrogens (tertiary/aromatic N) is 1. The largest absolute Gasteiger partial charge is 0.398 e. The molecule has 0 bridgehead atoms. The molecule has 2 amide bonds. The lowest BCUT2D eigenvalue weighted by atomic mass is 10.3. The number of thioether (sulfide) groups is 1. The average Bonchev–Trinajstić information content (AvgIpc) is 2.77. The molecule has 96 valence electrons. The number of rotatable bonds is 3. The normalized spacial score (nSPS) is 15.2. The van der Waals surface area contributed by atoms with E-state index in [1.807, 2.05) is 6.07 Å². The molecule has 1 aliphatic rings. The van der Waals surface area contributed by atoms with Crippen LogP contribution in [-0.4, -0.2) is 29.0 Å². The molecule has 6 heteroatoms. The summed E-state index contributed by atoms with van der Waals surface area (Å²) in [7, 11) is 0. The lowest BCUT2D eigenvalue weighted by molar-refractivity contribution is -0.140. The number of carbonyl (C=O) groups excluding carboxylic acids is 2. The van der Waals surface area contributed by atoms with E-state index in [2.05, 4.69) is 0 Å². The van der Waals surface area contributed by atoms with Gasteiger partial charge in [0.2, 0.25) is 11.8 Å². The van der Waals surface area contributed by atoms with Gasteiger partial charge in [-0.15, -0.1) is 11.8 Å². The summed E-state index contributed by atoms with van der Waals surface area (Å²) in [4.78, 5) is 25.4. The second kappa shape index (κ2) is 5.63. The van der Waals surface area contributed by atoms with Gasteiger partial charge in [0.05, 0.1) is 16.5 Å². The molecule has 0 aliphatic carbocycles. The van der Waals surface area contributed by atoms with Gasteiger partial charge in [-0.25, -0.2) is 0 Å². The number of nitrogen functional groups attached to an aromatic ring is 1. The van der Waals surface area contributed by atoms with Crippen LogP contribution in [0.2, 0.25) is 5.02 Å². The van der Waals surface area contributed by atoms with Crippen LogP contribution in [0.25, 0.3) is 0 Å². The minimum absolute atomic E-state index is 0.0732. The molecule has 1 aromatic rings. The fraction of sp³-hybridized carbons (Fsp3) is 0.333. The first-order valence-electron chi connectivity index (χ1n) is 5.59. The highest BCUT2D eigenvalue weighted by atomic mass is 35.5. The summed E-state index contributed by atoms with van der Waals surface area (Å²) < 4.78 is 0. The third kappa shape index (κ3) is 2.97. The zero-order chi connectivity index (χ0) is 13.1. The van der Waals surface area contributed by atoms with Gasteiger partial charge in [0.1, 0.15) is 0 Å². The van der Waals surface area contributed by atoms with E-state index in [4.69, 9.17) is 17.3 Å². The highest BCUT2D eigenvalue weighted by Gasteiger charge is 2.25. The van der Waals surface area contributed by atoms with Gasteiger partial charge >= 0.3 is 0 Å². The van der Waals surface area contributed by atoms with Crippen molar-refractivity contribution >= 4 is 40.9 Å². The molecule has 1 saturated heterocycles. The maximum Gasteiger partial charge on any atom is 0.239 e. The van der Waals surface area contributed by atoms with E-state index in [0.29, 0.717) is 23.7 Å². The summed E-state index contributed by atoms with van der Waals surface area (Å²) >= 11 is 7.25. The SMILES string of the molecule is Nc1ccc(SCC(=O)N2CCCC2=O)cc1Cl. The number of anilines is 1. The number of amides is 2. The third-order valence-corrected chi connectivity index (χ3v) is 4.01. The molecule has 1 fully saturated rings. The van der Waals surface area contributed by atoms with E-state index >= 15 is 0 Å². The Balaban J connectivity index is 1.93. The molecule has 0 spiro atoms. The smallest absolute Gasteiger partial charge is 0.239 e. The Labute approximate surface area is 114 Å². The van der Waals surface area contributed by atoms with Gasteiger partial charge in [-0.3, -0.25) is 14.5 Å². The van der Waals surface area contributed by atoms with Crippen molar-refractivity contribution in [2.75, 3.05) is 18.0 Å². The first kappa shape index (κ1) is 13.2. The first-order valence-corrected chi connectivity index (χ1v) is 6.95. The Morgan fingerprint density at radius 2 is 2.28 bits per heavy atom. The topological polar surface area (TPSA) is 63.4 Å². The fourth-order valence-corrected chi connectivity index (χ4v) is 2.79. The minimum atomic E-state index is -0.143. The molecule has 0 unspecified atom stereocenters. The number of likely N-dealkylation sites (tertiary alicyclic amines) is 1. The predicted molar refractivity (Wildman–Crippen MR) is 72.5 cm³/mol. The molecule has 0 atom stereocenters. The monoisotopic (exact) mass is 284 g/mol. The average molecular weight is 285 g/mol. The van der Waals surface area contributed by atoms with Crippen LogP contribution < -0.4 is 5.73 Å². The highest BCUT2D eigenvalue weighted by molar-refractivity contribution is 8.00. The molecule has 18 heavy (non-hydrogen) atoms. The lowest BCUT2D eigenvalue weighted by Crippen LogP contribution is -2.33. The van der Waals surface area contributed by atoms with Crippen molar-refractivity contribution in [1.82, 2.24) is 4.90 Å². The van der Waals surface area contributed by atoms with E-state index in [-0.39, 0.29) is 17.6 Å². The molecule has 1 aromatic carbocycles. The Hall–Kier alpha value is -1.20. The van der Waals surface area contributed by atoms with Crippen LogP contribution in [-0.2, 0) is 9.59 Å². The molecule has 4 nitrogen and oxygen atoms in total. The van der Waals surface area contributed by atoms with Crippen molar-refractivity contribution in [3.63, 3.8) is 0 Å². The van der Waals surface area contributed by atoms with Gasteiger partial charge in [-0.1, -0.05) is 11.6 Å². The first-order chi connectivity index (χ1) is 8.58. The molecule has 1 aliphatic heterocycles. The zero-order valence-corrected chi connectivity index (χ0v) is 11.3. The number of imide groups is 1. The number of hydrogen-bond donors (Lipinski definition) is 1. The third-order valence-electron chi connectivity index (χ3n) is 2.71. The van der Waals surface area contributed by atoms with Crippen molar-refractivity contribution in [3.05, 3.63) is 23.2 Å². The van der Waals surface area contributed by atoms with Crippen LogP contribution in [0.4, 0.5) is 5.69 Å². The zero-order valence-electron chi connectivity index (χ0n) is 9.69. The van der Waals surface area contributed by atoms with Crippen molar-refractivity contribution in [2.45, 2.75) is 17.7 Å². The number of nitrogens with two attached hydrogens (primary N) is 1. The van der Waals surface area contributed by atoms with E-state index in [1.54, 1.807) is 12.1 Å². The van der Waals surface area contributed by atoms with Crippen LogP contribution in [0.1, 0.15) is 12.8 Å². The van der Waals surface area contributed by atoms with E-state index < -0.39 is 0 Å². The standard InChI is InChI=1S/C12H13ClN2O2S/c13-9-6-8(3-4-10(9)14)18-7-12(17)15-5-1-2-11(15)16/h3-4,6H,1-2,5,7,14H2. The van der Waals surface area contributed by atoms with Gasteiger partial charge in [0, 0.05) is 17.9 Å². The quantitative estimate of drug-likeness (QED) is 0.682. The predicted octanol–water partition coefficient (Wildman–Crippen LogP) is 2.16. The Morgan fingerprint density at radius 1 is 1.50 bits per heavy atom. The second-order valence-electron chi connectivity index (χ2n) is 4.01. The molecule has 2 rings (SSSR count). The van der Waals surface area contributed by atoms with Gasteiger partial charge in [-0.2, -0.15) is 0 Å². The Bertz CT molecular complexity index is 493. The maximum atomic E-state index is 11.8. The van der Waals surface area contributed by atoms with Crippen LogP contribution in [0, 0.1) is 0 Å². The van der Waals surface area contributed by atoms with Crippen molar-refractivity contribution < 1.29 is 9.59 Å². The molecule has 0 aromatic heterocycles. The van der Waals surface area contributed by atoms with Crippen LogP contribution in [0.15, 0.2) is 23.1 Å². The van der Waals surface area contributed by atoms with Crippen LogP contribution in [0.5, 0.6) is 0 Å². The van der Waals surface area contributed by atoms with Gasteiger partial charge in [0.15, 0.2) is 0 Å². The van der Waals surface area contributed by atoms with Crippen molar-refractivity contribution in [1.29, 1.82) is 0 Å². The molecule has 0 radical (unpaired) electrons. The second-order valence-corrected chi connectivity index (χ2v) is 5.47. The fourth-order valence-electron chi connectivity index (χ4n) is 1.73. The number of halogens is 1.